The van der Waals surface area contributed by atoms with Crippen molar-refractivity contribution in [2.75, 3.05) is 13.2 Å². The van der Waals surface area contributed by atoms with Gasteiger partial charge in [-0.2, -0.15) is 0 Å². The summed E-state index contributed by atoms with van der Waals surface area (Å²) < 4.78 is 6.99. The molecule has 0 atom stereocenters. The number of hydrogen-bond donors (Lipinski definition) is 1. The number of carbonyl (C=O) groups is 2. The summed E-state index contributed by atoms with van der Waals surface area (Å²) in [5, 5.41) is 2.71. The summed E-state index contributed by atoms with van der Waals surface area (Å²) in [6, 6.07) is 11.0. The third-order valence-electron chi connectivity index (χ3n) is 3.70. The molecule has 0 bridgehead atoms. The van der Waals surface area contributed by atoms with E-state index in [1.165, 1.54) is 22.4 Å². The van der Waals surface area contributed by atoms with E-state index in [9.17, 15) is 14.4 Å². The maximum absolute atomic E-state index is 11.8. The smallest absolute Gasteiger partial charge is 0.326 e. The number of benzene rings is 1. The number of pyridine rings is 1. The highest BCUT2D eigenvalue weighted by Gasteiger charge is 2.07. The lowest BCUT2D eigenvalue weighted by molar-refractivity contribution is -0.144. The van der Waals surface area contributed by atoms with Gasteiger partial charge >= 0.3 is 5.97 Å². The lowest BCUT2D eigenvalue weighted by Crippen LogP contribution is -2.30. The highest BCUT2D eigenvalue weighted by molar-refractivity contribution is 9.10. The Morgan fingerprint density at radius 1 is 1.15 bits per heavy atom. The summed E-state index contributed by atoms with van der Waals surface area (Å²) >= 11 is 3.24. The number of amides is 1. The van der Waals surface area contributed by atoms with Gasteiger partial charge in [-0.05, 0) is 40.9 Å². The standard InChI is InChI=1S/C19H21BrN2O4/c1-14-2-4-15(5-3-14)6-8-17(23)21-10-11-26-19(25)13-22-12-16(20)7-9-18(22)24/h2-5,7,9,12H,6,8,10-11,13H2,1H3,(H,21,23). The van der Waals surface area contributed by atoms with Crippen LogP contribution in [0.5, 0.6) is 0 Å². The van der Waals surface area contributed by atoms with Crippen molar-refractivity contribution in [2.45, 2.75) is 26.3 Å². The van der Waals surface area contributed by atoms with E-state index in [-0.39, 0.29) is 31.2 Å². The van der Waals surface area contributed by atoms with Gasteiger partial charge in [-0.25, -0.2) is 0 Å². The van der Waals surface area contributed by atoms with Gasteiger partial charge in [0.2, 0.25) is 5.91 Å². The largest absolute Gasteiger partial charge is 0.462 e. The van der Waals surface area contributed by atoms with Gasteiger partial charge in [0.1, 0.15) is 13.2 Å². The van der Waals surface area contributed by atoms with Crippen molar-refractivity contribution >= 4 is 27.8 Å². The molecule has 0 saturated carbocycles. The van der Waals surface area contributed by atoms with Crippen LogP contribution in [-0.2, 0) is 27.3 Å². The summed E-state index contributed by atoms with van der Waals surface area (Å²) in [6.07, 6.45) is 2.57. The molecule has 7 heteroatoms. The molecule has 1 N–H and O–H groups in total. The van der Waals surface area contributed by atoms with Crippen molar-refractivity contribution < 1.29 is 14.3 Å². The molecule has 138 valence electrons. The number of nitrogens with one attached hydrogen (secondary N) is 1. The number of aromatic nitrogens is 1. The van der Waals surface area contributed by atoms with Crippen LogP contribution in [0.1, 0.15) is 17.5 Å². The summed E-state index contributed by atoms with van der Waals surface area (Å²) in [6.45, 7) is 2.16. The summed E-state index contributed by atoms with van der Waals surface area (Å²) in [4.78, 5) is 35.2. The maximum Gasteiger partial charge on any atom is 0.326 e. The van der Waals surface area contributed by atoms with Crippen LogP contribution in [0.4, 0.5) is 0 Å². The first-order valence-electron chi connectivity index (χ1n) is 8.28. The molecule has 1 aromatic heterocycles. The highest BCUT2D eigenvalue weighted by atomic mass is 79.9. The number of carbonyl (C=O) groups excluding carboxylic acids is 2. The number of esters is 1. The predicted molar refractivity (Wildman–Crippen MR) is 102 cm³/mol. The second kappa shape index (κ2) is 9.91. The first-order chi connectivity index (χ1) is 12.4. The molecule has 6 nitrogen and oxygen atoms in total. The number of rotatable bonds is 8. The molecular weight excluding hydrogens is 400 g/mol. The molecule has 0 unspecified atom stereocenters. The Balaban J connectivity index is 1.64. The van der Waals surface area contributed by atoms with Gasteiger partial charge in [-0.1, -0.05) is 29.8 Å². The SMILES string of the molecule is Cc1ccc(CCC(=O)NCCOC(=O)Cn2cc(Br)ccc2=O)cc1. The van der Waals surface area contributed by atoms with Gasteiger partial charge in [0.25, 0.3) is 5.56 Å². The fourth-order valence-corrected chi connectivity index (χ4v) is 2.65. The van der Waals surface area contributed by atoms with Crippen molar-refractivity contribution in [3.63, 3.8) is 0 Å². The molecule has 0 aliphatic rings. The zero-order valence-corrected chi connectivity index (χ0v) is 16.1. The normalized spacial score (nSPS) is 10.4. The molecule has 2 aromatic rings. The third-order valence-corrected chi connectivity index (χ3v) is 4.16. The number of hydrogen-bond acceptors (Lipinski definition) is 4. The van der Waals surface area contributed by atoms with E-state index in [1.807, 2.05) is 31.2 Å². The van der Waals surface area contributed by atoms with Crippen molar-refractivity contribution in [1.29, 1.82) is 0 Å². The first kappa shape index (κ1) is 19.9. The van der Waals surface area contributed by atoms with Crippen LogP contribution in [0.3, 0.4) is 0 Å². The van der Waals surface area contributed by atoms with Crippen LogP contribution in [0.15, 0.2) is 51.9 Å². The monoisotopic (exact) mass is 420 g/mol. The third kappa shape index (κ3) is 6.84. The Bertz CT molecular complexity index is 815. The Morgan fingerprint density at radius 2 is 1.88 bits per heavy atom. The van der Waals surface area contributed by atoms with Crippen molar-refractivity contribution in [3.05, 3.63) is 68.5 Å². The molecule has 1 heterocycles. The minimum atomic E-state index is -0.529. The molecule has 0 fully saturated rings. The number of nitrogens with zero attached hydrogens (tertiary/aromatic N) is 1. The molecule has 0 saturated heterocycles. The topological polar surface area (TPSA) is 77.4 Å². The Labute approximate surface area is 160 Å². The minimum absolute atomic E-state index is 0.0673. The molecule has 0 aliphatic carbocycles. The number of halogens is 1. The second-order valence-electron chi connectivity index (χ2n) is 5.87. The van der Waals surface area contributed by atoms with Gasteiger partial charge < -0.3 is 14.6 Å². The van der Waals surface area contributed by atoms with Crippen LogP contribution < -0.4 is 10.9 Å². The molecule has 1 aromatic carbocycles. The average molecular weight is 421 g/mol. The summed E-state index contributed by atoms with van der Waals surface area (Å²) in [5.74, 6) is -0.621. The van der Waals surface area contributed by atoms with Crippen molar-refractivity contribution in [3.8, 4) is 0 Å². The van der Waals surface area contributed by atoms with Crippen LogP contribution in [0, 0.1) is 6.92 Å². The predicted octanol–water partition coefficient (Wildman–Crippen LogP) is 2.21. The fraction of sp³-hybridized carbons (Fsp3) is 0.316. The van der Waals surface area contributed by atoms with E-state index in [0.29, 0.717) is 17.3 Å². The zero-order chi connectivity index (χ0) is 18.9. The van der Waals surface area contributed by atoms with E-state index >= 15 is 0 Å². The van der Waals surface area contributed by atoms with Crippen LogP contribution in [-0.4, -0.2) is 29.6 Å². The molecule has 0 spiro atoms. The number of ether oxygens (including phenoxy) is 1. The Morgan fingerprint density at radius 3 is 2.62 bits per heavy atom. The van der Waals surface area contributed by atoms with Gasteiger partial charge in [0.05, 0.1) is 6.54 Å². The molecule has 26 heavy (non-hydrogen) atoms. The highest BCUT2D eigenvalue weighted by Crippen LogP contribution is 2.06. The van der Waals surface area contributed by atoms with E-state index in [0.717, 1.165) is 5.56 Å². The number of aryl methyl sites for hydroxylation is 2. The van der Waals surface area contributed by atoms with Gasteiger partial charge in [0, 0.05) is 23.2 Å². The fourth-order valence-electron chi connectivity index (χ4n) is 2.27. The molecule has 2 rings (SSSR count). The van der Waals surface area contributed by atoms with Crippen LogP contribution >= 0.6 is 15.9 Å². The van der Waals surface area contributed by atoms with Gasteiger partial charge in [0.15, 0.2) is 0 Å². The van der Waals surface area contributed by atoms with Crippen LogP contribution in [0.25, 0.3) is 0 Å². The van der Waals surface area contributed by atoms with E-state index in [1.54, 1.807) is 6.07 Å². The van der Waals surface area contributed by atoms with Gasteiger partial charge in [-0.3, -0.25) is 14.4 Å². The van der Waals surface area contributed by atoms with Gasteiger partial charge in [-0.15, -0.1) is 0 Å². The van der Waals surface area contributed by atoms with Crippen molar-refractivity contribution in [2.24, 2.45) is 0 Å². The Kier molecular flexibility index (Phi) is 7.59. The lowest BCUT2D eigenvalue weighted by atomic mass is 10.1. The second-order valence-corrected chi connectivity index (χ2v) is 6.79. The zero-order valence-electron chi connectivity index (χ0n) is 14.5. The quantitative estimate of drug-likeness (QED) is 0.524. The van der Waals surface area contributed by atoms with E-state index in [2.05, 4.69) is 21.2 Å². The summed E-state index contributed by atoms with van der Waals surface area (Å²) in [5.41, 5.74) is 2.01. The maximum atomic E-state index is 11.8. The van der Waals surface area contributed by atoms with E-state index in [4.69, 9.17) is 4.74 Å². The molecule has 0 aliphatic heterocycles. The van der Waals surface area contributed by atoms with E-state index < -0.39 is 5.97 Å². The average Bonchev–Trinajstić information content (AvgIpc) is 2.61. The van der Waals surface area contributed by atoms with Crippen molar-refractivity contribution in [1.82, 2.24) is 9.88 Å². The van der Waals surface area contributed by atoms with Crippen LogP contribution in [0.2, 0.25) is 0 Å². The lowest BCUT2D eigenvalue weighted by Gasteiger charge is -2.08. The first-order valence-corrected chi connectivity index (χ1v) is 9.07. The summed E-state index contributed by atoms with van der Waals surface area (Å²) in [7, 11) is 0. The molecule has 1 amide bonds. The Hall–Kier alpha value is -2.41. The minimum Gasteiger partial charge on any atom is -0.462 e. The molecule has 0 radical (unpaired) electrons. The molecular formula is C19H21BrN2O4.